The lowest BCUT2D eigenvalue weighted by atomic mass is 10.2. The van der Waals surface area contributed by atoms with Crippen LogP contribution in [0.4, 0.5) is 0 Å². The van der Waals surface area contributed by atoms with Gasteiger partial charge in [-0.05, 0) is 26.0 Å². The van der Waals surface area contributed by atoms with E-state index in [0.717, 1.165) is 16.3 Å². The molecule has 0 amide bonds. The Morgan fingerprint density at radius 2 is 2.29 bits per heavy atom. The molecular formula is C15H14N2O3S. The molecule has 0 bridgehead atoms. The Hall–Kier alpha value is -2.26. The quantitative estimate of drug-likeness (QED) is 0.622. The van der Waals surface area contributed by atoms with Crippen LogP contribution in [-0.4, -0.2) is 17.2 Å². The highest BCUT2D eigenvalue weighted by Crippen LogP contribution is 2.26. The highest BCUT2D eigenvalue weighted by Gasteiger charge is 2.16. The molecule has 1 atom stereocenters. The van der Waals surface area contributed by atoms with Gasteiger partial charge in [0.05, 0.1) is 11.3 Å². The summed E-state index contributed by atoms with van der Waals surface area (Å²) in [5.74, 6) is 0.847. The van der Waals surface area contributed by atoms with E-state index in [9.17, 15) is 4.79 Å². The summed E-state index contributed by atoms with van der Waals surface area (Å²) in [6, 6.07) is 10.9. The van der Waals surface area contributed by atoms with Crippen LogP contribution in [0.1, 0.15) is 28.7 Å². The molecule has 108 valence electrons. The monoisotopic (exact) mass is 302 g/mol. The molecule has 21 heavy (non-hydrogen) atoms. The molecule has 0 radical (unpaired) electrons. The largest absolute Gasteiger partial charge is 0.444 e. The third-order valence-corrected chi connectivity index (χ3v) is 3.73. The number of hydrogen-bond donors (Lipinski definition) is 0. The molecule has 5 nitrogen and oxygen atoms in total. The fourth-order valence-electron chi connectivity index (χ4n) is 1.65. The summed E-state index contributed by atoms with van der Waals surface area (Å²) in [6.07, 6.45) is -0.770. The molecule has 1 aromatic carbocycles. The molecule has 1 heterocycles. The van der Waals surface area contributed by atoms with Crippen LogP contribution in [0.2, 0.25) is 0 Å². The SMILES string of the molecule is Cc1cc(CSc2ccccc2C(=O)O[C@@H](C)C#N)no1. The van der Waals surface area contributed by atoms with Gasteiger partial charge in [0.25, 0.3) is 0 Å². The maximum atomic E-state index is 12.0. The lowest BCUT2D eigenvalue weighted by Gasteiger charge is -2.09. The summed E-state index contributed by atoms with van der Waals surface area (Å²) in [6.45, 7) is 3.36. The van der Waals surface area contributed by atoms with Gasteiger partial charge in [0.2, 0.25) is 0 Å². The second-order valence-electron chi connectivity index (χ2n) is 4.39. The standard InChI is InChI=1S/C15H14N2O3S/c1-10-7-12(17-20-10)9-21-14-6-4-3-5-13(14)15(18)19-11(2)8-16/h3-7,11H,9H2,1-2H3/t11-/m0/s1. The normalized spacial score (nSPS) is 11.7. The van der Waals surface area contributed by atoms with Gasteiger partial charge in [0, 0.05) is 16.7 Å². The van der Waals surface area contributed by atoms with E-state index < -0.39 is 12.1 Å². The van der Waals surface area contributed by atoms with Crippen molar-refractivity contribution in [2.75, 3.05) is 0 Å². The predicted octanol–water partition coefficient (Wildman–Crippen LogP) is 3.34. The second-order valence-corrected chi connectivity index (χ2v) is 5.41. The zero-order valence-electron chi connectivity index (χ0n) is 11.7. The van der Waals surface area contributed by atoms with Gasteiger partial charge in [-0.15, -0.1) is 11.8 Å². The zero-order chi connectivity index (χ0) is 15.2. The first kappa shape index (κ1) is 15.1. The van der Waals surface area contributed by atoms with Crippen LogP contribution in [0.3, 0.4) is 0 Å². The van der Waals surface area contributed by atoms with Gasteiger partial charge < -0.3 is 9.26 Å². The molecule has 2 rings (SSSR count). The second kappa shape index (κ2) is 6.95. The third kappa shape index (κ3) is 4.10. The third-order valence-electron chi connectivity index (χ3n) is 2.62. The van der Waals surface area contributed by atoms with Crippen LogP contribution < -0.4 is 0 Å². The summed E-state index contributed by atoms with van der Waals surface area (Å²) in [5, 5.41) is 12.6. The molecule has 0 saturated heterocycles. The number of nitrogens with zero attached hydrogens (tertiary/aromatic N) is 2. The minimum Gasteiger partial charge on any atom is -0.444 e. The van der Waals surface area contributed by atoms with Gasteiger partial charge in [-0.25, -0.2) is 4.79 Å². The molecule has 0 spiro atoms. The van der Waals surface area contributed by atoms with Crippen LogP contribution in [0.25, 0.3) is 0 Å². The fraction of sp³-hybridized carbons (Fsp3) is 0.267. The van der Waals surface area contributed by atoms with E-state index in [-0.39, 0.29) is 0 Å². The van der Waals surface area contributed by atoms with E-state index in [1.54, 1.807) is 12.1 Å². The first-order valence-electron chi connectivity index (χ1n) is 6.34. The smallest absolute Gasteiger partial charge is 0.340 e. The summed E-state index contributed by atoms with van der Waals surface area (Å²) in [7, 11) is 0. The van der Waals surface area contributed by atoms with Crippen molar-refractivity contribution in [2.24, 2.45) is 0 Å². The highest BCUT2D eigenvalue weighted by molar-refractivity contribution is 7.98. The number of aromatic nitrogens is 1. The topological polar surface area (TPSA) is 76.1 Å². The number of nitriles is 1. The number of carbonyl (C=O) groups is 1. The summed E-state index contributed by atoms with van der Waals surface area (Å²) in [4.78, 5) is 12.8. The van der Waals surface area contributed by atoms with Crippen LogP contribution in [-0.2, 0) is 10.5 Å². The minimum absolute atomic E-state index is 0.449. The van der Waals surface area contributed by atoms with Crippen molar-refractivity contribution < 1.29 is 14.1 Å². The molecule has 2 aromatic rings. The Kier molecular flexibility index (Phi) is 5.01. The lowest BCUT2D eigenvalue weighted by Crippen LogP contribution is -2.13. The number of aryl methyl sites for hydroxylation is 1. The van der Waals surface area contributed by atoms with E-state index in [1.165, 1.54) is 18.7 Å². The molecule has 6 heteroatoms. The summed E-state index contributed by atoms with van der Waals surface area (Å²) < 4.78 is 10.0. The van der Waals surface area contributed by atoms with Crippen LogP contribution in [0, 0.1) is 18.3 Å². The van der Waals surface area contributed by atoms with E-state index >= 15 is 0 Å². The van der Waals surface area contributed by atoms with Crippen LogP contribution >= 0.6 is 11.8 Å². The molecule has 1 aromatic heterocycles. The van der Waals surface area contributed by atoms with Crippen molar-refractivity contribution in [3.63, 3.8) is 0 Å². The van der Waals surface area contributed by atoms with Gasteiger partial charge in [0.1, 0.15) is 11.8 Å². The fourth-order valence-corrected chi connectivity index (χ4v) is 2.57. The van der Waals surface area contributed by atoms with E-state index in [1.807, 2.05) is 31.2 Å². The molecular weight excluding hydrogens is 288 g/mol. The van der Waals surface area contributed by atoms with Gasteiger partial charge in [0.15, 0.2) is 6.10 Å². The number of carbonyl (C=O) groups excluding carboxylic acids is 1. The van der Waals surface area contributed by atoms with Crippen molar-refractivity contribution in [1.82, 2.24) is 5.16 Å². The van der Waals surface area contributed by atoms with Crippen molar-refractivity contribution in [3.05, 3.63) is 47.3 Å². The van der Waals surface area contributed by atoms with Crippen LogP contribution in [0.5, 0.6) is 0 Å². The lowest BCUT2D eigenvalue weighted by molar-refractivity contribution is 0.0431. The molecule has 0 aliphatic carbocycles. The van der Waals surface area contributed by atoms with Crippen molar-refractivity contribution >= 4 is 17.7 Å². The summed E-state index contributed by atoms with van der Waals surface area (Å²) >= 11 is 1.47. The average molecular weight is 302 g/mol. The van der Waals surface area contributed by atoms with Crippen molar-refractivity contribution in [3.8, 4) is 6.07 Å². The first-order valence-corrected chi connectivity index (χ1v) is 7.33. The van der Waals surface area contributed by atoms with E-state index in [4.69, 9.17) is 14.5 Å². The Morgan fingerprint density at radius 1 is 1.52 bits per heavy atom. The molecule has 0 aliphatic heterocycles. The number of thioether (sulfide) groups is 1. The molecule has 0 unspecified atom stereocenters. The molecule has 0 aliphatic rings. The van der Waals surface area contributed by atoms with E-state index in [0.29, 0.717) is 11.3 Å². The minimum atomic E-state index is -0.770. The number of benzene rings is 1. The average Bonchev–Trinajstić information content (AvgIpc) is 2.90. The van der Waals surface area contributed by atoms with Gasteiger partial charge in [-0.2, -0.15) is 5.26 Å². The predicted molar refractivity (Wildman–Crippen MR) is 77.7 cm³/mol. The maximum absolute atomic E-state index is 12.0. The molecule has 0 saturated carbocycles. The number of esters is 1. The molecule has 0 N–H and O–H groups in total. The summed E-state index contributed by atoms with van der Waals surface area (Å²) in [5.41, 5.74) is 1.26. The van der Waals surface area contributed by atoms with Gasteiger partial charge in [-0.3, -0.25) is 0 Å². The Bertz CT molecular complexity index is 676. The number of ether oxygens (including phenoxy) is 1. The Balaban J connectivity index is 2.09. The highest BCUT2D eigenvalue weighted by atomic mass is 32.2. The van der Waals surface area contributed by atoms with Crippen LogP contribution in [0.15, 0.2) is 39.8 Å². The Labute approximate surface area is 126 Å². The Morgan fingerprint density at radius 3 is 2.95 bits per heavy atom. The maximum Gasteiger partial charge on any atom is 0.340 e. The van der Waals surface area contributed by atoms with Crippen molar-refractivity contribution in [2.45, 2.75) is 30.6 Å². The van der Waals surface area contributed by atoms with E-state index in [2.05, 4.69) is 5.16 Å². The number of rotatable bonds is 5. The van der Waals surface area contributed by atoms with Crippen molar-refractivity contribution in [1.29, 1.82) is 5.26 Å². The van der Waals surface area contributed by atoms with Gasteiger partial charge >= 0.3 is 5.97 Å². The number of hydrogen-bond acceptors (Lipinski definition) is 6. The zero-order valence-corrected chi connectivity index (χ0v) is 12.5. The van der Waals surface area contributed by atoms with Gasteiger partial charge in [-0.1, -0.05) is 17.3 Å². The molecule has 0 fully saturated rings. The first-order chi connectivity index (χ1) is 10.1.